The van der Waals surface area contributed by atoms with E-state index in [4.69, 9.17) is 16.3 Å². The van der Waals surface area contributed by atoms with Crippen LogP contribution in [0, 0.1) is 17.2 Å². The Bertz CT molecular complexity index is 1590. The van der Waals surface area contributed by atoms with E-state index in [0.29, 0.717) is 48.8 Å². The smallest absolute Gasteiger partial charge is 0.296 e. The van der Waals surface area contributed by atoms with Gasteiger partial charge in [-0.1, -0.05) is 11.6 Å². The average molecular weight is 544 g/mol. The number of nitrogens with zero attached hydrogens (tertiary/aromatic N) is 7. The topological polar surface area (TPSA) is 129 Å². The van der Waals surface area contributed by atoms with E-state index >= 15 is 0 Å². The molecule has 1 N–H and O–H groups in total. The Morgan fingerprint density at radius 3 is 2.90 bits per heavy atom. The van der Waals surface area contributed by atoms with Crippen LogP contribution in [0.1, 0.15) is 36.3 Å². The van der Waals surface area contributed by atoms with Crippen LogP contribution in [0.3, 0.4) is 0 Å². The van der Waals surface area contributed by atoms with Gasteiger partial charge in [-0.15, -0.1) is 0 Å². The zero-order chi connectivity index (χ0) is 27.6. The number of ether oxygens (including phenoxy) is 1. The summed E-state index contributed by atoms with van der Waals surface area (Å²) in [6.45, 7) is 5.05. The summed E-state index contributed by atoms with van der Waals surface area (Å²) in [5.74, 6) is 0.466. The third-order valence-electron chi connectivity index (χ3n) is 6.75. The number of piperidine rings is 1. The summed E-state index contributed by atoms with van der Waals surface area (Å²) in [5, 5.41) is 25.3. The van der Waals surface area contributed by atoms with Gasteiger partial charge in [0.25, 0.3) is 5.91 Å². The van der Waals surface area contributed by atoms with E-state index in [1.54, 1.807) is 36.0 Å². The number of rotatable bonds is 6. The molecule has 0 spiro atoms. The van der Waals surface area contributed by atoms with Gasteiger partial charge in [-0.3, -0.25) is 4.79 Å². The van der Waals surface area contributed by atoms with Crippen molar-refractivity contribution in [3.63, 3.8) is 0 Å². The predicted octanol–water partition coefficient (Wildman–Crippen LogP) is 4.20. The quantitative estimate of drug-likeness (QED) is 0.358. The van der Waals surface area contributed by atoms with Gasteiger partial charge >= 0.3 is 0 Å². The first-order chi connectivity index (χ1) is 18.8. The molecule has 2 atom stereocenters. The number of anilines is 1. The third-order valence-corrected chi connectivity index (χ3v) is 7.06. The lowest BCUT2D eigenvalue weighted by molar-refractivity contribution is 0.0192. The normalized spacial score (nSPS) is 19.4. The van der Waals surface area contributed by atoms with Crippen molar-refractivity contribution >= 4 is 35.1 Å². The maximum Gasteiger partial charge on any atom is 0.296 e. The molecule has 39 heavy (non-hydrogen) atoms. The number of amides is 1. The van der Waals surface area contributed by atoms with Crippen LogP contribution in [0.5, 0.6) is 5.75 Å². The minimum atomic E-state index is -1.15. The van der Waals surface area contributed by atoms with E-state index in [-0.39, 0.29) is 16.6 Å². The summed E-state index contributed by atoms with van der Waals surface area (Å²) in [6.07, 6.45) is 8.57. The molecule has 1 unspecified atom stereocenters. The van der Waals surface area contributed by atoms with Crippen molar-refractivity contribution in [3.05, 3.63) is 71.4 Å². The summed E-state index contributed by atoms with van der Waals surface area (Å²) < 4.78 is 7.34. The van der Waals surface area contributed by atoms with Gasteiger partial charge in [-0.25, -0.2) is 19.5 Å². The zero-order valence-electron chi connectivity index (χ0n) is 21.5. The molecule has 1 aliphatic rings. The Morgan fingerprint density at radius 1 is 1.36 bits per heavy atom. The zero-order valence-corrected chi connectivity index (χ0v) is 22.2. The minimum Gasteiger partial charge on any atom is -0.492 e. The molecule has 198 valence electrons. The Morgan fingerprint density at radius 2 is 2.21 bits per heavy atom. The molecule has 0 bridgehead atoms. The van der Waals surface area contributed by atoms with Crippen LogP contribution >= 0.6 is 11.6 Å². The third kappa shape index (κ3) is 5.32. The van der Waals surface area contributed by atoms with E-state index in [2.05, 4.69) is 26.1 Å². The van der Waals surface area contributed by atoms with Gasteiger partial charge in [0, 0.05) is 48.7 Å². The fourth-order valence-corrected chi connectivity index (χ4v) is 4.96. The number of carbonyl (C=O) groups is 1. The maximum atomic E-state index is 12.4. The van der Waals surface area contributed by atoms with Crippen molar-refractivity contribution < 1.29 is 14.6 Å². The number of aliphatic imine (C=N–C) groups is 1. The molecule has 4 aromatic heterocycles. The number of hydrogen-bond donors (Lipinski definition) is 1. The van der Waals surface area contributed by atoms with Crippen molar-refractivity contribution in [2.75, 3.05) is 24.6 Å². The number of nitriles is 1. The SMILES string of the molecule is CCOc1cc(-c2ccc(N3CCC(C=NC(=O)c4ncccc4Cl)[C@@](C)(O)C3)nc2)c2c(C#N)cnn2c1. The largest absolute Gasteiger partial charge is 0.492 e. The molecule has 4 aromatic rings. The van der Waals surface area contributed by atoms with Gasteiger partial charge in [-0.2, -0.15) is 10.4 Å². The molecule has 1 aliphatic heterocycles. The van der Waals surface area contributed by atoms with E-state index in [0.717, 1.165) is 11.1 Å². The van der Waals surface area contributed by atoms with Crippen LogP contribution in [-0.2, 0) is 0 Å². The average Bonchev–Trinajstić information content (AvgIpc) is 3.35. The highest BCUT2D eigenvalue weighted by Crippen LogP contribution is 2.33. The number of aromatic nitrogens is 4. The summed E-state index contributed by atoms with van der Waals surface area (Å²) in [5.41, 5.74) is 1.67. The first-order valence-corrected chi connectivity index (χ1v) is 12.9. The molecule has 10 nitrogen and oxygen atoms in total. The lowest BCUT2D eigenvalue weighted by Crippen LogP contribution is -2.53. The van der Waals surface area contributed by atoms with E-state index in [1.165, 1.54) is 18.6 Å². The molecule has 1 saturated heterocycles. The number of β-amino-alcohol motifs (C(OH)–C–C–N with tert-alkyl or cyclic N) is 1. The molecule has 11 heteroatoms. The van der Waals surface area contributed by atoms with Crippen LogP contribution in [0.4, 0.5) is 5.82 Å². The van der Waals surface area contributed by atoms with Crippen molar-refractivity contribution in [1.29, 1.82) is 5.26 Å². The lowest BCUT2D eigenvalue weighted by Gasteiger charge is -2.42. The van der Waals surface area contributed by atoms with Crippen LogP contribution in [-0.4, -0.2) is 62.1 Å². The molecule has 0 radical (unpaired) electrons. The van der Waals surface area contributed by atoms with Crippen molar-refractivity contribution in [1.82, 2.24) is 19.6 Å². The Hall–Kier alpha value is -4.33. The number of pyridine rings is 3. The van der Waals surface area contributed by atoms with Gasteiger partial charge in [-0.05, 0) is 50.6 Å². The second-order valence-corrected chi connectivity index (χ2v) is 9.89. The van der Waals surface area contributed by atoms with Crippen molar-refractivity contribution in [3.8, 4) is 22.9 Å². The van der Waals surface area contributed by atoms with Gasteiger partial charge < -0.3 is 14.7 Å². The predicted molar refractivity (Wildman–Crippen MR) is 147 cm³/mol. The molecule has 5 heterocycles. The number of halogens is 1. The molecule has 1 fully saturated rings. The number of fused-ring (bicyclic) bond motifs is 1. The first kappa shape index (κ1) is 26.3. The van der Waals surface area contributed by atoms with Crippen LogP contribution in [0.2, 0.25) is 5.02 Å². The number of carbonyl (C=O) groups excluding carboxylic acids is 1. The second kappa shape index (κ2) is 10.8. The highest BCUT2D eigenvalue weighted by molar-refractivity contribution is 6.33. The molecule has 1 amide bonds. The van der Waals surface area contributed by atoms with Crippen LogP contribution in [0.25, 0.3) is 16.6 Å². The van der Waals surface area contributed by atoms with Gasteiger partial charge in [0.15, 0.2) is 0 Å². The van der Waals surface area contributed by atoms with E-state index in [1.807, 2.05) is 30.0 Å². The molecule has 0 aliphatic carbocycles. The summed E-state index contributed by atoms with van der Waals surface area (Å²) >= 11 is 6.05. The molecule has 0 saturated carbocycles. The first-order valence-electron chi connectivity index (χ1n) is 12.5. The monoisotopic (exact) mass is 543 g/mol. The summed E-state index contributed by atoms with van der Waals surface area (Å²) in [6, 6.07) is 11.1. The maximum absolute atomic E-state index is 12.4. The summed E-state index contributed by atoms with van der Waals surface area (Å²) in [7, 11) is 0. The Kier molecular flexibility index (Phi) is 7.28. The molecule has 0 aromatic carbocycles. The van der Waals surface area contributed by atoms with Gasteiger partial charge in [0.2, 0.25) is 0 Å². The van der Waals surface area contributed by atoms with Crippen molar-refractivity contribution in [2.45, 2.75) is 25.9 Å². The van der Waals surface area contributed by atoms with Crippen LogP contribution < -0.4 is 9.64 Å². The summed E-state index contributed by atoms with van der Waals surface area (Å²) in [4.78, 5) is 27.1. The Labute approximate surface area is 230 Å². The van der Waals surface area contributed by atoms with Gasteiger partial charge in [0.05, 0.1) is 40.7 Å². The molecular weight excluding hydrogens is 518 g/mol. The highest BCUT2D eigenvalue weighted by Gasteiger charge is 2.37. The van der Waals surface area contributed by atoms with E-state index in [9.17, 15) is 15.2 Å². The highest BCUT2D eigenvalue weighted by atomic mass is 35.5. The number of hydrogen-bond acceptors (Lipinski definition) is 8. The standard InChI is InChI=1S/C28H26ClN7O3/c1-3-39-21-11-22(26-19(12-30)14-34-36(26)16-21)18-6-7-24(32-13-18)35-10-8-20(28(2,38)17-35)15-33-27(37)25-23(29)5-4-9-31-25/h4-7,9,11,13-16,20,38H,3,8,10,17H2,1-2H3/t20?,28-/m0/s1. The molecule has 5 rings (SSSR count). The van der Waals surface area contributed by atoms with Gasteiger partial charge in [0.1, 0.15) is 23.3 Å². The van der Waals surface area contributed by atoms with E-state index < -0.39 is 11.5 Å². The minimum absolute atomic E-state index is 0.0821. The van der Waals surface area contributed by atoms with Crippen LogP contribution in [0.15, 0.2) is 60.1 Å². The lowest BCUT2D eigenvalue weighted by atomic mass is 9.83. The molecular formula is C28H26ClN7O3. The Balaban J connectivity index is 1.34. The second-order valence-electron chi connectivity index (χ2n) is 9.48. The fraction of sp³-hybridized carbons (Fsp3) is 0.286. The van der Waals surface area contributed by atoms with Crippen molar-refractivity contribution in [2.24, 2.45) is 10.9 Å². The number of aliphatic hydroxyl groups is 1. The fourth-order valence-electron chi connectivity index (χ4n) is 4.76.